The van der Waals surface area contributed by atoms with E-state index in [1.54, 1.807) is 53.2 Å². The fraction of sp³-hybridized carbons (Fsp3) is 0.0476. The molecule has 0 aliphatic heterocycles. The lowest BCUT2D eigenvalue weighted by Gasteiger charge is -2.09. The highest BCUT2D eigenvalue weighted by Crippen LogP contribution is 2.18. The van der Waals surface area contributed by atoms with Crippen LogP contribution in [0.15, 0.2) is 78.9 Å². The summed E-state index contributed by atoms with van der Waals surface area (Å²) in [5.41, 5.74) is 2.07. The molecule has 1 heterocycles. The number of ether oxygens (including phenoxy) is 1. The smallest absolute Gasteiger partial charge is 0.255 e. The molecule has 1 amide bonds. The van der Waals surface area contributed by atoms with Crippen LogP contribution >= 0.6 is 11.6 Å². The summed E-state index contributed by atoms with van der Waals surface area (Å²) in [6.45, 7) is 0.186. The molecular formula is C21H16ClN5O2. The first kappa shape index (κ1) is 18.6. The van der Waals surface area contributed by atoms with Gasteiger partial charge in [-0.3, -0.25) is 4.79 Å². The van der Waals surface area contributed by atoms with Crippen molar-refractivity contribution in [2.75, 3.05) is 5.32 Å². The SMILES string of the molecule is O=C(Nc1ccc(OCc2nnnn2-c2ccc(Cl)cc2)cc1)c1ccccc1. The lowest BCUT2D eigenvalue weighted by molar-refractivity contribution is 0.102. The Bertz CT molecular complexity index is 1100. The van der Waals surface area contributed by atoms with Crippen LogP contribution in [0.25, 0.3) is 5.69 Å². The van der Waals surface area contributed by atoms with E-state index in [0.29, 0.717) is 27.8 Å². The summed E-state index contributed by atoms with van der Waals surface area (Å²) in [4.78, 5) is 12.2. The Labute approximate surface area is 171 Å². The monoisotopic (exact) mass is 405 g/mol. The molecule has 7 nitrogen and oxygen atoms in total. The van der Waals surface area contributed by atoms with Gasteiger partial charge in [0.05, 0.1) is 5.69 Å². The maximum atomic E-state index is 12.2. The van der Waals surface area contributed by atoms with Gasteiger partial charge >= 0.3 is 0 Å². The normalized spacial score (nSPS) is 10.5. The molecule has 0 radical (unpaired) electrons. The van der Waals surface area contributed by atoms with E-state index in [0.717, 1.165) is 5.69 Å². The third kappa shape index (κ3) is 4.59. The van der Waals surface area contributed by atoms with Crippen LogP contribution < -0.4 is 10.1 Å². The molecule has 0 fully saturated rings. The Kier molecular flexibility index (Phi) is 5.49. The number of nitrogens with one attached hydrogen (secondary N) is 1. The summed E-state index contributed by atoms with van der Waals surface area (Å²) in [5.74, 6) is 1.02. The van der Waals surface area contributed by atoms with Crippen LogP contribution in [0, 0.1) is 0 Å². The van der Waals surface area contributed by atoms with Crippen molar-refractivity contribution in [3.05, 3.63) is 95.3 Å². The van der Waals surface area contributed by atoms with Crippen LogP contribution in [0.1, 0.15) is 16.2 Å². The number of benzene rings is 3. The van der Waals surface area contributed by atoms with Crippen LogP contribution in [-0.4, -0.2) is 26.1 Å². The Morgan fingerprint density at radius 1 is 0.966 bits per heavy atom. The van der Waals surface area contributed by atoms with Crippen molar-refractivity contribution in [1.29, 1.82) is 0 Å². The van der Waals surface area contributed by atoms with Crippen LogP contribution in [0.4, 0.5) is 5.69 Å². The number of amides is 1. The van der Waals surface area contributed by atoms with Crippen molar-refractivity contribution in [1.82, 2.24) is 20.2 Å². The molecule has 29 heavy (non-hydrogen) atoms. The highest BCUT2D eigenvalue weighted by atomic mass is 35.5. The number of rotatable bonds is 6. The number of hydrogen-bond acceptors (Lipinski definition) is 5. The van der Waals surface area contributed by atoms with E-state index in [-0.39, 0.29) is 12.5 Å². The molecule has 4 aromatic rings. The van der Waals surface area contributed by atoms with E-state index in [1.165, 1.54) is 0 Å². The Morgan fingerprint density at radius 3 is 2.41 bits per heavy atom. The van der Waals surface area contributed by atoms with Gasteiger partial charge in [-0.15, -0.1) is 5.10 Å². The molecule has 0 spiro atoms. The standard InChI is InChI=1S/C21H16ClN5O2/c22-16-6-10-18(11-7-16)27-20(24-25-26-27)14-29-19-12-8-17(9-13-19)23-21(28)15-4-2-1-3-5-15/h1-13H,14H2,(H,23,28). The molecule has 144 valence electrons. The molecule has 0 aliphatic rings. The van der Waals surface area contributed by atoms with E-state index in [4.69, 9.17) is 16.3 Å². The quantitative estimate of drug-likeness (QED) is 0.521. The zero-order valence-electron chi connectivity index (χ0n) is 15.2. The van der Waals surface area contributed by atoms with Gasteiger partial charge in [0.15, 0.2) is 5.82 Å². The van der Waals surface area contributed by atoms with Gasteiger partial charge in [-0.05, 0) is 71.1 Å². The summed E-state index contributed by atoms with van der Waals surface area (Å²) >= 11 is 5.92. The second-order valence-corrected chi connectivity index (χ2v) is 6.55. The van der Waals surface area contributed by atoms with Gasteiger partial charge in [-0.25, -0.2) is 0 Å². The molecule has 0 aliphatic carbocycles. The maximum absolute atomic E-state index is 12.2. The van der Waals surface area contributed by atoms with Crippen molar-refractivity contribution >= 4 is 23.2 Å². The highest BCUT2D eigenvalue weighted by molar-refractivity contribution is 6.30. The van der Waals surface area contributed by atoms with Crippen LogP contribution in [0.5, 0.6) is 5.75 Å². The molecule has 0 saturated carbocycles. The molecule has 0 bridgehead atoms. The van der Waals surface area contributed by atoms with Gasteiger partial charge in [-0.1, -0.05) is 29.8 Å². The predicted molar refractivity (Wildman–Crippen MR) is 109 cm³/mol. The van der Waals surface area contributed by atoms with Crippen molar-refractivity contribution in [2.45, 2.75) is 6.61 Å². The summed E-state index contributed by atoms with van der Waals surface area (Å²) < 4.78 is 7.37. The summed E-state index contributed by atoms with van der Waals surface area (Å²) in [7, 11) is 0. The average Bonchev–Trinajstić information content (AvgIpc) is 3.23. The molecule has 1 N–H and O–H groups in total. The maximum Gasteiger partial charge on any atom is 0.255 e. The summed E-state index contributed by atoms with van der Waals surface area (Å²) in [6, 6.07) is 23.3. The zero-order valence-corrected chi connectivity index (χ0v) is 16.0. The minimum absolute atomic E-state index is 0.165. The second-order valence-electron chi connectivity index (χ2n) is 6.12. The lowest BCUT2D eigenvalue weighted by atomic mass is 10.2. The Balaban J connectivity index is 1.38. The van der Waals surface area contributed by atoms with E-state index >= 15 is 0 Å². The van der Waals surface area contributed by atoms with Gasteiger partial charge < -0.3 is 10.1 Å². The van der Waals surface area contributed by atoms with Gasteiger partial charge in [0.1, 0.15) is 12.4 Å². The molecule has 1 aromatic heterocycles. The fourth-order valence-electron chi connectivity index (χ4n) is 2.65. The van der Waals surface area contributed by atoms with Crippen LogP contribution in [0.2, 0.25) is 5.02 Å². The average molecular weight is 406 g/mol. The molecule has 3 aromatic carbocycles. The van der Waals surface area contributed by atoms with Crippen LogP contribution in [-0.2, 0) is 6.61 Å². The largest absolute Gasteiger partial charge is 0.486 e. The third-order valence-corrected chi connectivity index (χ3v) is 4.37. The van der Waals surface area contributed by atoms with Gasteiger partial charge in [0.25, 0.3) is 5.91 Å². The minimum Gasteiger partial charge on any atom is -0.486 e. The minimum atomic E-state index is -0.165. The highest BCUT2D eigenvalue weighted by Gasteiger charge is 2.10. The predicted octanol–water partition coefficient (Wildman–Crippen LogP) is 4.15. The molecule has 0 saturated heterocycles. The lowest BCUT2D eigenvalue weighted by Crippen LogP contribution is -2.11. The van der Waals surface area contributed by atoms with Crippen molar-refractivity contribution in [2.24, 2.45) is 0 Å². The van der Waals surface area contributed by atoms with E-state index in [9.17, 15) is 4.79 Å². The van der Waals surface area contributed by atoms with Gasteiger partial charge in [0.2, 0.25) is 0 Å². The zero-order chi connectivity index (χ0) is 20.1. The molecule has 8 heteroatoms. The van der Waals surface area contributed by atoms with Crippen molar-refractivity contribution in [3.8, 4) is 11.4 Å². The Morgan fingerprint density at radius 2 is 1.69 bits per heavy atom. The number of tetrazole rings is 1. The number of nitrogens with zero attached hydrogens (tertiary/aromatic N) is 4. The van der Waals surface area contributed by atoms with Gasteiger partial charge in [-0.2, -0.15) is 4.68 Å². The Hall–Kier alpha value is -3.71. The van der Waals surface area contributed by atoms with Crippen molar-refractivity contribution < 1.29 is 9.53 Å². The first-order chi connectivity index (χ1) is 14.2. The number of halogens is 1. The van der Waals surface area contributed by atoms with Gasteiger partial charge in [0, 0.05) is 16.3 Å². The van der Waals surface area contributed by atoms with Crippen LogP contribution in [0.3, 0.4) is 0 Å². The number of anilines is 1. The summed E-state index contributed by atoms with van der Waals surface area (Å²) in [5, 5.41) is 15.2. The first-order valence-corrected chi connectivity index (χ1v) is 9.19. The summed E-state index contributed by atoms with van der Waals surface area (Å²) in [6.07, 6.45) is 0. The number of carbonyl (C=O) groups is 1. The third-order valence-electron chi connectivity index (χ3n) is 4.12. The van der Waals surface area contributed by atoms with E-state index < -0.39 is 0 Å². The fourth-order valence-corrected chi connectivity index (χ4v) is 2.78. The number of hydrogen-bond donors (Lipinski definition) is 1. The molecule has 4 rings (SSSR count). The second kappa shape index (κ2) is 8.53. The van der Waals surface area contributed by atoms with E-state index in [1.807, 2.05) is 30.3 Å². The number of aromatic nitrogens is 4. The van der Waals surface area contributed by atoms with Crippen molar-refractivity contribution in [3.63, 3.8) is 0 Å². The molecular weight excluding hydrogens is 390 g/mol. The molecule has 0 atom stereocenters. The topological polar surface area (TPSA) is 81.9 Å². The number of carbonyl (C=O) groups excluding carboxylic acids is 1. The molecule has 0 unspecified atom stereocenters. The first-order valence-electron chi connectivity index (χ1n) is 8.81. The van der Waals surface area contributed by atoms with E-state index in [2.05, 4.69) is 20.8 Å².